The minimum atomic E-state index is -0.546. The molecule has 0 amide bonds. The van der Waals surface area contributed by atoms with Crippen molar-refractivity contribution in [2.75, 3.05) is 14.2 Å². The fourth-order valence-electron chi connectivity index (χ4n) is 1.34. The van der Waals surface area contributed by atoms with Gasteiger partial charge >= 0.3 is 0 Å². The van der Waals surface area contributed by atoms with E-state index in [4.69, 9.17) is 14.2 Å². The van der Waals surface area contributed by atoms with Crippen LogP contribution in [0.1, 0.15) is 19.8 Å². The molecular formula is C9H16O3. The third-order valence-corrected chi connectivity index (χ3v) is 2.00. The number of rotatable bonds is 4. The van der Waals surface area contributed by atoms with Gasteiger partial charge in [0.25, 0.3) is 0 Å². The molecule has 2 atom stereocenters. The Labute approximate surface area is 73.3 Å². The van der Waals surface area contributed by atoms with Gasteiger partial charge in [0.05, 0.1) is 0 Å². The fourth-order valence-corrected chi connectivity index (χ4v) is 1.34. The summed E-state index contributed by atoms with van der Waals surface area (Å²) in [6.07, 6.45) is 5.43. The molecule has 0 saturated carbocycles. The molecule has 1 rings (SSSR count). The van der Waals surface area contributed by atoms with E-state index in [1.807, 2.05) is 12.2 Å². The Morgan fingerprint density at radius 3 is 2.67 bits per heavy atom. The maximum absolute atomic E-state index is 5.53. The number of hydrogen-bond acceptors (Lipinski definition) is 3. The van der Waals surface area contributed by atoms with Crippen LogP contribution in [0.5, 0.6) is 0 Å². The largest absolute Gasteiger partial charge is 0.352 e. The van der Waals surface area contributed by atoms with Crippen molar-refractivity contribution in [2.45, 2.75) is 31.8 Å². The van der Waals surface area contributed by atoms with Gasteiger partial charge in [0.2, 0.25) is 0 Å². The monoisotopic (exact) mass is 172 g/mol. The lowest BCUT2D eigenvalue weighted by Gasteiger charge is -2.26. The van der Waals surface area contributed by atoms with Crippen LogP contribution in [-0.2, 0) is 14.2 Å². The first-order valence-electron chi connectivity index (χ1n) is 4.21. The van der Waals surface area contributed by atoms with Gasteiger partial charge in [-0.3, -0.25) is 0 Å². The lowest BCUT2D eigenvalue weighted by atomic mass is 10.1. The van der Waals surface area contributed by atoms with Crippen molar-refractivity contribution in [2.24, 2.45) is 0 Å². The van der Waals surface area contributed by atoms with Crippen LogP contribution in [0.25, 0.3) is 0 Å². The zero-order valence-electron chi connectivity index (χ0n) is 7.87. The van der Waals surface area contributed by atoms with Crippen LogP contribution in [0.3, 0.4) is 0 Å². The minimum Gasteiger partial charge on any atom is -0.352 e. The molecule has 3 nitrogen and oxygen atoms in total. The molecule has 0 aliphatic carbocycles. The summed E-state index contributed by atoms with van der Waals surface area (Å²) in [4.78, 5) is 0. The Morgan fingerprint density at radius 1 is 1.50 bits per heavy atom. The van der Waals surface area contributed by atoms with Crippen LogP contribution in [0.2, 0.25) is 0 Å². The van der Waals surface area contributed by atoms with E-state index < -0.39 is 5.79 Å². The van der Waals surface area contributed by atoms with Gasteiger partial charge in [-0.1, -0.05) is 13.3 Å². The van der Waals surface area contributed by atoms with Crippen LogP contribution < -0.4 is 0 Å². The molecular weight excluding hydrogens is 156 g/mol. The van der Waals surface area contributed by atoms with Crippen LogP contribution in [-0.4, -0.2) is 26.3 Å². The molecule has 12 heavy (non-hydrogen) atoms. The minimum absolute atomic E-state index is 0.253. The summed E-state index contributed by atoms with van der Waals surface area (Å²) >= 11 is 0. The summed E-state index contributed by atoms with van der Waals surface area (Å²) in [6.45, 7) is 2.10. The van der Waals surface area contributed by atoms with E-state index in [9.17, 15) is 0 Å². The summed E-state index contributed by atoms with van der Waals surface area (Å²) in [5.74, 6) is -0.546. The van der Waals surface area contributed by atoms with Crippen LogP contribution >= 0.6 is 0 Å². The molecule has 0 aromatic carbocycles. The van der Waals surface area contributed by atoms with Gasteiger partial charge in [0.15, 0.2) is 12.1 Å². The Bertz CT molecular complexity index is 167. The van der Waals surface area contributed by atoms with Crippen molar-refractivity contribution in [3.63, 3.8) is 0 Å². The highest BCUT2D eigenvalue weighted by molar-refractivity contribution is 5.04. The number of hydrogen-bond donors (Lipinski definition) is 0. The first-order valence-corrected chi connectivity index (χ1v) is 4.21. The molecule has 70 valence electrons. The molecule has 0 radical (unpaired) electrons. The smallest absolute Gasteiger partial charge is 0.190 e. The van der Waals surface area contributed by atoms with Crippen LogP contribution in [0.15, 0.2) is 12.2 Å². The van der Waals surface area contributed by atoms with Crippen LogP contribution in [0.4, 0.5) is 0 Å². The summed E-state index contributed by atoms with van der Waals surface area (Å²) in [5.41, 5.74) is 0. The topological polar surface area (TPSA) is 27.7 Å². The molecule has 3 heteroatoms. The highest BCUT2D eigenvalue weighted by Gasteiger charge is 2.34. The summed E-state index contributed by atoms with van der Waals surface area (Å²) < 4.78 is 15.8. The van der Waals surface area contributed by atoms with Crippen LogP contribution in [0, 0.1) is 0 Å². The fraction of sp³-hybridized carbons (Fsp3) is 0.778. The van der Waals surface area contributed by atoms with E-state index in [-0.39, 0.29) is 6.29 Å². The molecule has 1 aliphatic heterocycles. The molecule has 0 aromatic rings. The molecule has 1 aliphatic rings. The average molecular weight is 172 g/mol. The molecule has 0 bridgehead atoms. The summed E-state index contributed by atoms with van der Waals surface area (Å²) in [7, 11) is 3.27. The summed E-state index contributed by atoms with van der Waals surface area (Å²) in [6, 6.07) is 0. The first kappa shape index (κ1) is 9.71. The second kappa shape index (κ2) is 4.03. The van der Waals surface area contributed by atoms with Crippen molar-refractivity contribution in [1.29, 1.82) is 0 Å². The second-order valence-electron chi connectivity index (χ2n) is 2.85. The predicted molar refractivity (Wildman–Crippen MR) is 45.7 cm³/mol. The zero-order chi connectivity index (χ0) is 9.03. The standard InChI is InChI=1S/C9H16O3/c1-4-6-9(11-3)7-5-8(10-2)12-9/h5,7-8H,4,6H2,1-3H3. The van der Waals surface area contributed by atoms with Gasteiger partial charge in [-0.25, -0.2) is 0 Å². The quantitative estimate of drug-likeness (QED) is 0.604. The van der Waals surface area contributed by atoms with Gasteiger partial charge in [-0.15, -0.1) is 0 Å². The molecule has 0 fully saturated rings. The SMILES string of the molecule is CCCC1(OC)C=CC(OC)O1. The lowest BCUT2D eigenvalue weighted by molar-refractivity contribution is -0.244. The Balaban J connectivity index is 2.55. The molecule has 0 aromatic heterocycles. The molecule has 1 heterocycles. The highest BCUT2D eigenvalue weighted by atomic mass is 16.8. The number of methoxy groups -OCH3 is 2. The van der Waals surface area contributed by atoms with Crippen molar-refractivity contribution in [1.82, 2.24) is 0 Å². The summed E-state index contributed by atoms with van der Waals surface area (Å²) in [5, 5.41) is 0. The van der Waals surface area contributed by atoms with E-state index in [0.717, 1.165) is 12.8 Å². The van der Waals surface area contributed by atoms with E-state index >= 15 is 0 Å². The second-order valence-corrected chi connectivity index (χ2v) is 2.85. The molecule has 0 N–H and O–H groups in total. The zero-order valence-corrected chi connectivity index (χ0v) is 7.87. The van der Waals surface area contributed by atoms with E-state index in [2.05, 4.69) is 6.92 Å². The van der Waals surface area contributed by atoms with E-state index in [0.29, 0.717) is 0 Å². The van der Waals surface area contributed by atoms with Crippen molar-refractivity contribution >= 4 is 0 Å². The van der Waals surface area contributed by atoms with Gasteiger partial charge < -0.3 is 14.2 Å². The van der Waals surface area contributed by atoms with Gasteiger partial charge in [-0.2, -0.15) is 0 Å². The van der Waals surface area contributed by atoms with Gasteiger partial charge in [0, 0.05) is 20.6 Å². The van der Waals surface area contributed by atoms with Crippen molar-refractivity contribution in [3.8, 4) is 0 Å². The Morgan fingerprint density at radius 2 is 2.25 bits per heavy atom. The maximum Gasteiger partial charge on any atom is 0.190 e. The maximum atomic E-state index is 5.53. The molecule has 2 unspecified atom stereocenters. The lowest BCUT2D eigenvalue weighted by Crippen LogP contribution is -2.31. The Hall–Kier alpha value is -0.380. The van der Waals surface area contributed by atoms with Gasteiger partial charge in [0.1, 0.15) is 0 Å². The first-order chi connectivity index (χ1) is 5.76. The average Bonchev–Trinajstić information content (AvgIpc) is 2.50. The van der Waals surface area contributed by atoms with Gasteiger partial charge in [-0.05, 0) is 12.2 Å². The number of ether oxygens (including phenoxy) is 3. The molecule has 0 spiro atoms. The van der Waals surface area contributed by atoms with Crippen molar-refractivity contribution in [3.05, 3.63) is 12.2 Å². The highest BCUT2D eigenvalue weighted by Crippen LogP contribution is 2.28. The van der Waals surface area contributed by atoms with Crippen molar-refractivity contribution < 1.29 is 14.2 Å². The van der Waals surface area contributed by atoms with E-state index in [1.165, 1.54) is 0 Å². The van der Waals surface area contributed by atoms with E-state index in [1.54, 1.807) is 14.2 Å². The Kier molecular flexibility index (Phi) is 3.26. The normalized spacial score (nSPS) is 34.4. The third-order valence-electron chi connectivity index (χ3n) is 2.00. The third kappa shape index (κ3) is 1.86. The predicted octanol–water partition coefficient (Wildman–Crippen LogP) is 1.69. The molecule has 0 saturated heterocycles.